The Balaban J connectivity index is 0.00000110. The van der Waals surface area contributed by atoms with E-state index in [9.17, 15) is 4.79 Å². The minimum Gasteiger partial charge on any atom is -0.478 e. The van der Waals surface area contributed by atoms with Crippen LogP contribution in [-0.2, 0) is 12.8 Å². The summed E-state index contributed by atoms with van der Waals surface area (Å²) in [5.74, 6) is 0.592. The summed E-state index contributed by atoms with van der Waals surface area (Å²) in [5.41, 5.74) is 2.85. The number of aromatic carboxylic acids is 1. The van der Waals surface area contributed by atoms with Crippen LogP contribution in [0, 0.1) is 0 Å². The monoisotopic (exact) mass is 310 g/mol. The van der Waals surface area contributed by atoms with Crippen LogP contribution < -0.4 is 0 Å². The quantitative estimate of drug-likeness (QED) is 0.910. The van der Waals surface area contributed by atoms with E-state index < -0.39 is 5.97 Å². The number of fused-ring (bicyclic) bond motifs is 1. The summed E-state index contributed by atoms with van der Waals surface area (Å²) in [6.45, 7) is 0. The first kappa shape index (κ1) is 17.2. The van der Waals surface area contributed by atoms with Gasteiger partial charge in [-0.3, -0.25) is 0 Å². The summed E-state index contributed by atoms with van der Waals surface area (Å²) in [5, 5.41) is 9.04. The van der Waals surface area contributed by atoms with Crippen LogP contribution in [0.25, 0.3) is 0 Å². The van der Waals surface area contributed by atoms with E-state index in [1.54, 1.807) is 12.3 Å². The minimum absolute atomic E-state index is 0. The predicted octanol–water partition coefficient (Wildman–Crippen LogP) is 2.37. The van der Waals surface area contributed by atoms with Crippen LogP contribution in [0.15, 0.2) is 30.6 Å². The Morgan fingerprint density at radius 3 is 2.90 bits per heavy atom. The number of carboxylic acids is 1. The van der Waals surface area contributed by atoms with Gasteiger partial charge in [0.15, 0.2) is 0 Å². The fourth-order valence-corrected chi connectivity index (χ4v) is 2.90. The Morgan fingerprint density at radius 1 is 1.43 bits per heavy atom. The molecule has 0 saturated carbocycles. The third-order valence-electron chi connectivity index (χ3n) is 3.82. The topological polar surface area (TPSA) is 97.5 Å². The number of imidazole rings is 1. The largest absolute Gasteiger partial charge is 0.478 e. The van der Waals surface area contributed by atoms with Crippen LogP contribution in [0.5, 0.6) is 0 Å². The number of nitrogens with one attached hydrogen (secondary N) is 1. The average molecular weight is 311 g/mol. The number of carbonyl (C=O) groups is 1. The van der Waals surface area contributed by atoms with E-state index in [4.69, 9.17) is 5.11 Å². The lowest BCUT2D eigenvalue weighted by atomic mass is 9.80. The molecule has 114 valence electrons. The third kappa shape index (κ3) is 3.62. The van der Waals surface area contributed by atoms with Crippen molar-refractivity contribution in [3.63, 3.8) is 0 Å². The van der Waals surface area contributed by atoms with Crippen LogP contribution in [0.3, 0.4) is 0 Å². The van der Waals surface area contributed by atoms with Crippen molar-refractivity contribution in [3.8, 4) is 0 Å². The Labute approximate surface area is 129 Å². The molecule has 1 heterocycles. The molecule has 0 spiro atoms. The summed E-state index contributed by atoms with van der Waals surface area (Å²) in [7, 11) is 0. The van der Waals surface area contributed by atoms with Gasteiger partial charge in [-0.1, -0.05) is 6.07 Å². The minimum atomic E-state index is -0.851. The Hall–Kier alpha value is -1.85. The van der Waals surface area contributed by atoms with Crippen LogP contribution >= 0.6 is 12.4 Å². The predicted molar refractivity (Wildman–Crippen MR) is 82.2 cm³/mol. The van der Waals surface area contributed by atoms with Gasteiger partial charge in [0.1, 0.15) is 5.82 Å². The number of hydrogen-bond acceptors (Lipinski definition) is 2. The number of H-pyrrole nitrogens is 1. The second kappa shape index (κ2) is 7.24. The average Bonchev–Trinajstić information content (AvgIpc) is 2.91. The van der Waals surface area contributed by atoms with Gasteiger partial charge >= 0.3 is 5.97 Å². The van der Waals surface area contributed by atoms with E-state index in [1.165, 1.54) is 11.1 Å². The van der Waals surface area contributed by atoms with Crippen molar-refractivity contribution in [2.75, 3.05) is 0 Å². The molecule has 3 rings (SSSR count). The standard InChI is InChI=1S/C15H16N2O2.ClH.H2O/c18-15(19)12-4-5-13-10(8-12)2-1-3-11(13)9-14-16-6-7-17-14;;/h4-8,11H,1-3,9H2,(H,16,17)(H,18,19);1H;1H2. The molecule has 2 aromatic rings. The number of benzene rings is 1. The summed E-state index contributed by atoms with van der Waals surface area (Å²) >= 11 is 0. The highest BCUT2D eigenvalue weighted by molar-refractivity contribution is 5.88. The van der Waals surface area contributed by atoms with Crippen LogP contribution in [0.1, 0.15) is 46.1 Å². The highest BCUT2D eigenvalue weighted by atomic mass is 35.5. The number of aromatic nitrogens is 2. The fraction of sp³-hybridized carbons (Fsp3) is 0.333. The van der Waals surface area contributed by atoms with Crippen molar-refractivity contribution < 1.29 is 15.4 Å². The second-order valence-electron chi connectivity index (χ2n) is 5.05. The first-order valence-electron chi connectivity index (χ1n) is 6.58. The van der Waals surface area contributed by atoms with Gasteiger partial charge in [0.05, 0.1) is 5.56 Å². The van der Waals surface area contributed by atoms with Gasteiger partial charge in [0, 0.05) is 18.8 Å². The Kier molecular flexibility index (Phi) is 5.93. The van der Waals surface area contributed by atoms with Crippen LogP contribution in [0.2, 0.25) is 0 Å². The number of hydrogen-bond donors (Lipinski definition) is 2. The molecule has 0 bridgehead atoms. The summed E-state index contributed by atoms with van der Waals surface area (Å²) < 4.78 is 0. The fourth-order valence-electron chi connectivity index (χ4n) is 2.90. The molecule has 0 fully saturated rings. The molecule has 21 heavy (non-hydrogen) atoms. The summed E-state index contributed by atoms with van der Waals surface area (Å²) in [6, 6.07) is 5.51. The van der Waals surface area contributed by atoms with Gasteiger partial charge in [-0.15, -0.1) is 12.4 Å². The lowest BCUT2D eigenvalue weighted by molar-refractivity contribution is 0.0696. The van der Waals surface area contributed by atoms with Crippen molar-refractivity contribution >= 4 is 18.4 Å². The SMILES string of the molecule is Cl.O.O=C(O)c1ccc2c(c1)CCCC2Cc1ncc[nH]1. The van der Waals surface area contributed by atoms with Crippen molar-refractivity contribution in [3.05, 3.63) is 53.1 Å². The van der Waals surface area contributed by atoms with E-state index >= 15 is 0 Å². The van der Waals surface area contributed by atoms with Crippen molar-refractivity contribution in [2.45, 2.75) is 31.6 Å². The van der Waals surface area contributed by atoms with Crippen molar-refractivity contribution in [1.82, 2.24) is 9.97 Å². The zero-order chi connectivity index (χ0) is 13.2. The van der Waals surface area contributed by atoms with E-state index in [0.717, 1.165) is 31.5 Å². The molecular formula is C15H19ClN2O3. The molecule has 1 aliphatic carbocycles. The molecule has 0 amide bonds. The van der Waals surface area contributed by atoms with E-state index in [-0.39, 0.29) is 17.9 Å². The summed E-state index contributed by atoms with van der Waals surface area (Å²) in [6.07, 6.45) is 7.73. The molecule has 5 nitrogen and oxygen atoms in total. The molecule has 0 radical (unpaired) electrons. The number of halogens is 1. The van der Waals surface area contributed by atoms with E-state index in [1.807, 2.05) is 18.3 Å². The molecule has 1 atom stereocenters. The molecule has 1 unspecified atom stereocenters. The zero-order valence-corrected chi connectivity index (χ0v) is 12.3. The number of aromatic amines is 1. The molecule has 0 saturated heterocycles. The first-order valence-corrected chi connectivity index (χ1v) is 6.58. The molecule has 0 aliphatic heterocycles. The van der Waals surface area contributed by atoms with Gasteiger partial charge < -0.3 is 15.6 Å². The van der Waals surface area contributed by atoms with Gasteiger partial charge in [0.25, 0.3) is 0 Å². The summed E-state index contributed by atoms with van der Waals surface area (Å²) in [4.78, 5) is 18.4. The van der Waals surface area contributed by atoms with Gasteiger partial charge in [-0.05, 0) is 48.4 Å². The molecule has 6 heteroatoms. The number of aryl methyl sites for hydroxylation is 1. The number of nitrogens with zero attached hydrogens (tertiary/aromatic N) is 1. The van der Waals surface area contributed by atoms with Gasteiger partial charge in [0.2, 0.25) is 0 Å². The lowest BCUT2D eigenvalue weighted by Crippen LogP contribution is -2.14. The molecule has 1 aliphatic rings. The lowest BCUT2D eigenvalue weighted by Gasteiger charge is -2.25. The number of rotatable bonds is 3. The zero-order valence-electron chi connectivity index (χ0n) is 11.5. The maximum Gasteiger partial charge on any atom is 0.335 e. The maximum absolute atomic E-state index is 11.0. The van der Waals surface area contributed by atoms with Crippen molar-refractivity contribution in [2.24, 2.45) is 0 Å². The van der Waals surface area contributed by atoms with Crippen LogP contribution in [-0.4, -0.2) is 26.5 Å². The Morgan fingerprint density at radius 2 is 2.24 bits per heavy atom. The molecule has 1 aromatic carbocycles. The van der Waals surface area contributed by atoms with E-state index in [2.05, 4.69) is 9.97 Å². The van der Waals surface area contributed by atoms with E-state index in [0.29, 0.717) is 11.5 Å². The smallest absolute Gasteiger partial charge is 0.335 e. The highest BCUT2D eigenvalue weighted by Gasteiger charge is 2.22. The third-order valence-corrected chi connectivity index (χ3v) is 3.82. The number of carboxylic acid groups (broad SMARTS) is 1. The van der Waals surface area contributed by atoms with Crippen molar-refractivity contribution in [1.29, 1.82) is 0 Å². The molecule has 1 aromatic heterocycles. The normalized spacial score (nSPS) is 16.3. The Bertz CT molecular complexity index is 599. The highest BCUT2D eigenvalue weighted by Crippen LogP contribution is 2.34. The maximum atomic E-state index is 11.0. The second-order valence-corrected chi connectivity index (χ2v) is 5.05. The molecule has 4 N–H and O–H groups in total. The van der Waals surface area contributed by atoms with Gasteiger partial charge in [-0.2, -0.15) is 0 Å². The molecular weight excluding hydrogens is 292 g/mol. The van der Waals surface area contributed by atoms with Gasteiger partial charge in [-0.25, -0.2) is 9.78 Å². The van der Waals surface area contributed by atoms with Crippen LogP contribution in [0.4, 0.5) is 0 Å². The first-order chi connectivity index (χ1) is 9.24.